The minimum atomic E-state index is 0. The monoisotopic (exact) mass is 89.1 g/mol. The van der Waals surface area contributed by atoms with Crippen molar-refractivity contribution in [2.75, 3.05) is 13.6 Å². The molecular formula is C5H15N. The first kappa shape index (κ1) is 5.96. The fourth-order valence-electron chi connectivity index (χ4n) is 0.354. The highest BCUT2D eigenvalue weighted by Gasteiger charge is 1.73. The molecular weight excluding hydrogens is 74.1 g/mol. The van der Waals surface area contributed by atoms with Gasteiger partial charge in [-0.15, -0.1) is 0 Å². The van der Waals surface area contributed by atoms with Crippen LogP contribution in [0.1, 0.15) is 21.2 Å². The maximum Gasteiger partial charge on any atom is 0 e. The Balaban J connectivity index is 0. The van der Waals surface area contributed by atoms with Gasteiger partial charge in [0.05, 0.1) is 0 Å². The van der Waals surface area contributed by atoms with E-state index in [1.807, 2.05) is 7.05 Å². The van der Waals surface area contributed by atoms with Crippen molar-refractivity contribution < 1.29 is 1.43 Å². The van der Waals surface area contributed by atoms with E-state index in [1.54, 1.807) is 0 Å². The van der Waals surface area contributed by atoms with Gasteiger partial charge in [-0.2, -0.15) is 0 Å². The summed E-state index contributed by atoms with van der Waals surface area (Å²) in [5.41, 5.74) is 0. The maximum atomic E-state index is 3.07. The van der Waals surface area contributed by atoms with Crippen LogP contribution in [-0.4, -0.2) is 13.6 Å². The standard InChI is InChI=1S/C5H13N.H2/c1-3-4-5-6-2;/h6H,3-5H2,1-2H3;1H. The maximum absolute atomic E-state index is 3.07. The summed E-state index contributed by atoms with van der Waals surface area (Å²) in [5, 5.41) is 3.07. The number of nitrogens with one attached hydrogen (secondary N) is 1. The average Bonchev–Trinajstić information content (AvgIpc) is 1.61. The van der Waals surface area contributed by atoms with Crippen LogP contribution in [0.3, 0.4) is 0 Å². The van der Waals surface area contributed by atoms with Crippen molar-refractivity contribution in [1.82, 2.24) is 5.32 Å². The summed E-state index contributed by atoms with van der Waals surface area (Å²) in [6, 6.07) is 0. The molecule has 0 saturated carbocycles. The Morgan fingerprint density at radius 1 is 1.67 bits per heavy atom. The third-order valence-corrected chi connectivity index (χ3v) is 0.780. The van der Waals surface area contributed by atoms with Crippen LogP contribution in [0, 0.1) is 0 Å². The van der Waals surface area contributed by atoms with Gasteiger partial charge < -0.3 is 5.32 Å². The fraction of sp³-hybridized carbons (Fsp3) is 1.00. The molecule has 0 aliphatic heterocycles. The van der Waals surface area contributed by atoms with Gasteiger partial charge in [-0.25, -0.2) is 0 Å². The molecule has 0 atom stereocenters. The van der Waals surface area contributed by atoms with E-state index >= 15 is 0 Å². The fourth-order valence-corrected chi connectivity index (χ4v) is 0.354. The lowest BCUT2D eigenvalue weighted by Crippen LogP contribution is -2.06. The van der Waals surface area contributed by atoms with Crippen LogP contribution in [0.4, 0.5) is 0 Å². The quantitative estimate of drug-likeness (QED) is 0.513. The van der Waals surface area contributed by atoms with Crippen molar-refractivity contribution in [1.29, 1.82) is 0 Å². The third-order valence-electron chi connectivity index (χ3n) is 0.780. The molecule has 0 unspecified atom stereocenters. The van der Waals surface area contributed by atoms with Gasteiger partial charge in [0.2, 0.25) is 0 Å². The molecule has 0 aliphatic carbocycles. The predicted molar refractivity (Wildman–Crippen MR) is 30.9 cm³/mol. The van der Waals surface area contributed by atoms with Crippen LogP contribution < -0.4 is 5.32 Å². The van der Waals surface area contributed by atoms with Gasteiger partial charge in [-0.3, -0.25) is 0 Å². The lowest BCUT2D eigenvalue weighted by atomic mass is 10.3. The molecule has 0 spiro atoms. The molecule has 1 N–H and O–H groups in total. The van der Waals surface area contributed by atoms with Gasteiger partial charge in [0.1, 0.15) is 0 Å². The Labute approximate surface area is 41.2 Å². The lowest BCUT2D eigenvalue weighted by molar-refractivity contribution is 0.711. The van der Waals surface area contributed by atoms with E-state index in [4.69, 9.17) is 0 Å². The largest absolute Gasteiger partial charge is 0.320 e. The van der Waals surface area contributed by atoms with E-state index < -0.39 is 0 Å². The molecule has 1 heteroatoms. The Morgan fingerprint density at radius 2 is 2.33 bits per heavy atom. The summed E-state index contributed by atoms with van der Waals surface area (Å²) in [6.45, 7) is 3.36. The second kappa shape index (κ2) is 4.96. The molecule has 40 valence electrons. The van der Waals surface area contributed by atoms with Crippen molar-refractivity contribution in [3.63, 3.8) is 0 Å². The summed E-state index contributed by atoms with van der Waals surface area (Å²) in [4.78, 5) is 0. The van der Waals surface area contributed by atoms with Gasteiger partial charge >= 0.3 is 0 Å². The van der Waals surface area contributed by atoms with E-state index in [0.29, 0.717) is 0 Å². The zero-order chi connectivity index (χ0) is 4.83. The Bertz CT molecular complexity index is 20.0. The van der Waals surface area contributed by atoms with Crippen molar-refractivity contribution in [3.8, 4) is 0 Å². The molecule has 0 rings (SSSR count). The first-order valence-electron chi connectivity index (χ1n) is 2.56. The van der Waals surface area contributed by atoms with E-state index in [0.717, 1.165) is 6.54 Å². The van der Waals surface area contributed by atoms with Crippen LogP contribution >= 0.6 is 0 Å². The summed E-state index contributed by atoms with van der Waals surface area (Å²) in [5.74, 6) is 0. The minimum absolute atomic E-state index is 0. The van der Waals surface area contributed by atoms with Crippen molar-refractivity contribution in [2.24, 2.45) is 0 Å². The third kappa shape index (κ3) is 3.96. The molecule has 0 fully saturated rings. The number of hydrogen-bond acceptors (Lipinski definition) is 1. The highest BCUT2D eigenvalue weighted by Crippen LogP contribution is 1.79. The predicted octanol–water partition coefficient (Wildman–Crippen LogP) is 1.25. The summed E-state index contributed by atoms with van der Waals surface area (Å²) in [6.07, 6.45) is 2.59. The number of hydrogen-bond donors (Lipinski definition) is 1. The molecule has 0 amide bonds. The van der Waals surface area contributed by atoms with Crippen molar-refractivity contribution >= 4 is 0 Å². The Morgan fingerprint density at radius 3 is 2.50 bits per heavy atom. The average molecular weight is 89.2 g/mol. The normalized spacial score (nSPS) is 9.00. The molecule has 6 heavy (non-hydrogen) atoms. The summed E-state index contributed by atoms with van der Waals surface area (Å²) < 4.78 is 0. The highest BCUT2D eigenvalue weighted by molar-refractivity contribution is 4.34. The van der Waals surface area contributed by atoms with Gasteiger partial charge in [0.25, 0.3) is 0 Å². The smallest absolute Gasteiger partial charge is 0 e. The highest BCUT2D eigenvalue weighted by atomic mass is 14.8. The second-order valence-corrected chi connectivity index (χ2v) is 1.46. The lowest BCUT2D eigenvalue weighted by Gasteiger charge is -1.89. The summed E-state index contributed by atoms with van der Waals surface area (Å²) in [7, 11) is 1.98. The molecule has 0 aliphatic rings. The molecule has 1 nitrogen and oxygen atoms in total. The molecule has 0 saturated heterocycles. The van der Waals surface area contributed by atoms with Crippen LogP contribution in [0.2, 0.25) is 0 Å². The molecule has 0 aromatic rings. The van der Waals surface area contributed by atoms with Crippen LogP contribution in [0.15, 0.2) is 0 Å². The zero-order valence-electron chi connectivity index (χ0n) is 4.62. The van der Waals surface area contributed by atoms with Crippen molar-refractivity contribution in [3.05, 3.63) is 0 Å². The van der Waals surface area contributed by atoms with Gasteiger partial charge in [-0.05, 0) is 20.0 Å². The topological polar surface area (TPSA) is 12.0 Å². The SMILES string of the molecule is CCCCNC.[HH]. The summed E-state index contributed by atoms with van der Waals surface area (Å²) >= 11 is 0. The Kier molecular flexibility index (Phi) is 4.93. The number of rotatable bonds is 3. The van der Waals surface area contributed by atoms with Crippen LogP contribution in [-0.2, 0) is 0 Å². The van der Waals surface area contributed by atoms with E-state index in [1.165, 1.54) is 12.8 Å². The zero-order valence-corrected chi connectivity index (χ0v) is 4.62. The van der Waals surface area contributed by atoms with E-state index in [-0.39, 0.29) is 1.43 Å². The molecule has 0 aromatic heterocycles. The first-order chi connectivity index (χ1) is 2.91. The second-order valence-electron chi connectivity index (χ2n) is 1.46. The molecule has 0 heterocycles. The Hall–Kier alpha value is -0.0400. The van der Waals surface area contributed by atoms with Crippen LogP contribution in [0.5, 0.6) is 0 Å². The van der Waals surface area contributed by atoms with Crippen molar-refractivity contribution in [2.45, 2.75) is 19.8 Å². The van der Waals surface area contributed by atoms with Gasteiger partial charge in [-0.1, -0.05) is 13.3 Å². The molecule has 0 bridgehead atoms. The molecule has 0 radical (unpaired) electrons. The molecule has 0 aromatic carbocycles. The van der Waals surface area contributed by atoms with E-state index in [2.05, 4.69) is 12.2 Å². The van der Waals surface area contributed by atoms with E-state index in [9.17, 15) is 0 Å². The first-order valence-corrected chi connectivity index (χ1v) is 2.56. The van der Waals surface area contributed by atoms with Gasteiger partial charge in [0, 0.05) is 1.43 Å². The van der Waals surface area contributed by atoms with Gasteiger partial charge in [0.15, 0.2) is 0 Å². The number of unbranched alkanes of at least 4 members (excludes halogenated alkanes) is 1. The minimum Gasteiger partial charge on any atom is -0.320 e. The van der Waals surface area contributed by atoms with Crippen LogP contribution in [0.25, 0.3) is 0 Å².